The van der Waals surface area contributed by atoms with Crippen molar-refractivity contribution in [2.75, 3.05) is 13.7 Å². The highest BCUT2D eigenvalue weighted by atomic mass is 16.6. The van der Waals surface area contributed by atoms with Gasteiger partial charge in [0.15, 0.2) is 0 Å². The van der Waals surface area contributed by atoms with Crippen LogP contribution in [-0.2, 0) is 14.3 Å². The van der Waals surface area contributed by atoms with Gasteiger partial charge in [-0.1, -0.05) is 12.2 Å². The van der Waals surface area contributed by atoms with Crippen molar-refractivity contribution in [1.82, 2.24) is 4.90 Å². The lowest BCUT2D eigenvalue weighted by Gasteiger charge is -2.45. The summed E-state index contributed by atoms with van der Waals surface area (Å²) in [6.07, 6.45) is 4.38. The summed E-state index contributed by atoms with van der Waals surface area (Å²) in [4.78, 5) is 25.6. The quantitative estimate of drug-likeness (QED) is 0.538. The van der Waals surface area contributed by atoms with Crippen molar-refractivity contribution in [2.24, 2.45) is 11.8 Å². The molecular weight excluding hydrogens is 246 g/mol. The van der Waals surface area contributed by atoms with Crippen molar-refractivity contribution in [3.05, 3.63) is 12.2 Å². The second kappa shape index (κ2) is 4.87. The lowest BCUT2D eigenvalue weighted by atomic mass is 9.78. The molecule has 5 nitrogen and oxygen atoms in total. The molecule has 1 amide bonds. The first-order valence-corrected chi connectivity index (χ1v) is 6.57. The number of amides is 1. The van der Waals surface area contributed by atoms with Crippen LogP contribution in [0.2, 0.25) is 0 Å². The van der Waals surface area contributed by atoms with Crippen LogP contribution in [0, 0.1) is 11.8 Å². The fourth-order valence-electron chi connectivity index (χ4n) is 2.68. The monoisotopic (exact) mass is 267 g/mol. The SMILES string of the molecule is COC(=O)[C@@H]1C[C@H]2C=C[C@@H]1N(C(=O)OC(C)(C)C)C2. The number of nitrogens with zero attached hydrogens (tertiary/aromatic N) is 1. The number of carbonyl (C=O) groups is 2. The molecule has 106 valence electrons. The molecule has 0 N–H and O–H groups in total. The summed E-state index contributed by atoms with van der Waals surface area (Å²) < 4.78 is 10.2. The van der Waals surface area contributed by atoms with Gasteiger partial charge in [0, 0.05) is 6.54 Å². The summed E-state index contributed by atoms with van der Waals surface area (Å²) >= 11 is 0. The average Bonchev–Trinajstić information content (AvgIpc) is 2.36. The number of hydrogen-bond donors (Lipinski definition) is 0. The largest absolute Gasteiger partial charge is 0.469 e. The lowest BCUT2D eigenvalue weighted by molar-refractivity contribution is -0.149. The predicted octanol–water partition coefficient (Wildman–Crippen LogP) is 1.97. The minimum atomic E-state index is -0.530. The van der Waals surface area contributed by atoms with Crippen LogP contribution < -0.4 is 0 Å². The van der Waals surface area contributed by atoms with Crippen LogP contribution >= 0.6 is 0 Å². The van der Waals surface area contributed by atoms with E-state index < -0.39 is 5.60 Å². The first kappa shape index (κ1) is 13.9. The van der Waals surface area contributed by atoms with E-state index in [0.29, 0.717) is 6.54 Å². The van der Waals surface area contributed by atoms with Crippen LogP contribution in [-0.4, -0.2) is 42.3 Å². The van der Waals surface area contributed by atoms with Crippen LogP contribution in [0.5, 0.6) is 0 Å². The Kier molecular flexibility index (Phi) is 3.56. The lowest BCUT2D eigenvalue weighted by Crippen LogP contribution is -2.56. The number of methoxy groups -OCH3 is 1. The zero-order valence-electron chi connectivity index (χ0n) is 11.9. The number of hydrogen-bond acceptors (Lipinski definition) is 4. The van der Waals surface area contributed by atoms with Gasteiger partial charge in [0.1, 0.15) is 5.60 Å². The molecule has 0 aromatic heterocycles. The number of esters is 1. The second-order valence-electron chi connectivity index (χ2n) is 6.13. The molecule has 2 heterocycles. The van der Waals surface area contributed by atoms with Gasteiger partial charge in [-0.2, -0.15) is 0 Å². The zero-order valence-corrected chi connectivity index (χ0v) is 11.9. The molecule has 19 heavy (non-hydrogen) atoms. The van der Waals surface area contributed by atoms with Gasteiger partial charge in [0.05, 0.1) is 19.1 Å². The summed E-state index contributed by atoms with van der Waals surface area (Å²) in [6, 6.07) is -0.243. The molecule has 1 aliphatic carbocycles. The number of rotatable bonds is 1. The van der Waals surface area contributed by atoms with Gasteiger partial charge in [-0.3, -0.25) is 4.79 Å². The normalized spacial score (nSPS) is 29.3. The van der Waals surface area contributed by atoms with Crippen molar-refractivity contribution in [2.45, 2.75) is 38.8 Å². The molecule has 1 saturated heterocycles. The maximum atomic E-state index is 12.2. The van der Waals surface area contributed by atoms with Crippen molar-refractivity contribution in [3.63, 3.8) is 0 Å². The highest BCUT2D eigenvalue weighted by molar-refractivity contribution is 5.77. The Bertz CT molecular complexity index is 410. The Morgan fingerprint density at radius 1 is 1.26 bits per heavy atom. The van der Waals surface area contributed by atoms with Crippen molar-refractivity contribution in [1.29, 1.82) is 0 Å². The van der Waals surface area contributed by atoms with E-state index in [1.165, 1.54) is 7.11 Å². The Morgan fingerprint density at radius 2 is 1.95 bits per heavy atom. The molecule has 2 bridgehead atoms. The van der Waals surface area contributed by atoms with Gasteiger partial charge in [-0.15, -0.1) is 0 Å². The van der Waals surface area contributed by atoms with E-state index in [2.05, 4.69) is 6.08 Å². The van der Waals surface area contributed by atoms with E-state index in [9.17, 15) is 9.59 Å². The molecule has 0 spiro atoms. The topological polar surface area (TPSA) is 55.8 Å². The minimum Gasteiger partial charge on any atom is -0.469 e. The predicted molar refractivity (Wildman–Crippen MR) is 69.5 cm³/mol. The summed E-state index contributed by atoms with van der Waals surface area (Å²) in [5.41, 5.74) is -0.530. The summed E-state index contributed by atoms with van der Waals surface area (Å²) in [7, 11) is 1.38. The van der Waals surface area contributed by atoms with Gasteiger partial charge >= 0.3 is 12.1 Å². The van der Waals surface area contributed by atoms with E-state index in [0.717, 1.165) is 6.42 Å². The van der Waals surface area contributed by atoms with E-state index in [4.69, 9.17) is 9.47 Å². The third-order valence-electron chi connectivity index (χ3n) is 3.47. The van der Waals surface area contributed by atoms with E-state index in [1.54, 1.807) is 4.90 Å². The molecular formula is C14H21NO4. The number of piperidine rings is 1. The summed E-state index contributed by atoms with van der Waals surface area (Å²) in [6.45, 7) is 6.12. The van der Waals surface area contributed by atoms with Crippen LogP contribution in [0.4, 0.5) is 4.79 Å². The fourth-order valence-corrected chi connectivity index (χ4v) is 2.68. The average molecular weight is 267 g/mol. The van der Waals surface area contributed by atoms with E-state index in [1.807, 2.05) is 26.8 Å². The molecule has 0 aromatic rings. The maximum absolute atomic E-state index is 12.2. The van der Waals surface area contributed by atoms with Crippen molar-refractivity contribution < 1.29 is 19.1 Å². The van der Waals surface area contributed by atoms with Gasteiger partial charge in [-0.25, -0.2) is 4.79 Å². The highest BCUT2D eigenvalue weighted by Gasteiger charge is 2.44. The Hall–Kier alpha value is -1.52. The molecule has 3 atom stereocenters. The van der Waals surface area contributed by atoms with Crippen LogP contribution in [0.15, 0.2) is 12.2 Å². The second-order valence-corrected chi connectivity index (χ2v) is 6.13. The third-order valence-corrected chi connectivity index (χ3v) is 3.47. The van der Waals surface area contributed by atoms with Gasteiger partial charge in [0.2, 0.25) is 0 Å². The fraction of sp³-hybridized carbons (Fsp3) is 0.714. The Labute approximate surface area is 113 Å². The molecule has 5 heteroatoms. The van der Waals surface area contributed by atoms with Gasteiger partial charge in [-0.05, 0) is 33.1 Å². The van der Waals surface area contributed by atoms with Gasteiger partial charge < -0.3 is 14.4 Å². The number of fused-ring (bicyclic) bond motifs is 2. The van der Waals surface area contributed by atoms with E-state index in [-0.39, 0.29) is 29.9 Å². The Balaban J connectivity index is 2.13. The molecule has 3 aliphatic rings. The van der Waals surface area contributed by atoms with Crippen LogP contribution in [0.3, 0.4) is 0 Å². The molecule has 3 rings (SSSR count). The zero-order chi connectivity index (χ0) is 14.2. The smallest absolute Gasteiger partial charge is 0.410 e. The van der Waals surface area contributed by atoms with Gasteiger partial charge in [0.25, 0.3) is 0 Å². The Morgan fingerprint density at radius 3 is 2.47 bits per heavy atom. The third kappa shape index (κ3) is 2.91. The standard InChI is InChI=1S/C14H21NO4/c1-14(2,3)19-13(17)15-8-9-5-6-11(15)10(7-9)12(16)18-4/h5-6,9-11H,7-8H2,1-4H3/t9-,10-,11+/m1/s1. The maximum Gasteiger partial charge on any atom is 0.410 e. The minimum absolute atomic E-state index is 0.210. The summed E-state index contributed by atoms with van der Waals surface area (Å²) in [5.74, 6) is -0.324. The summed E-state index contributed by atoms with van der Waals surface area (Å²) in [5, 5.41) is 0. The highest BCUT2D eigenvalue weighted by Crippen LogP contribution is 2.35. The molecule has 0 saturated carbocycles. The van der Waals surface area contributed by atoms with Crippen LogP contribution in [0.1, 0.15) is 27.2 Å². The molecule has 0 radical (unpaired) electrons. The molecule has 0 unspecified atom stereocenters. The molecule has 1 fully saturated rings. The molecule has 0 aromatic carbocycles. The first-order valence-electron chi connectivity index (χ1n) is 6.57. The molecule has 2 aliphatic heterocycles. The first-order chi connectivity index (χ1) is 8.81. The van der Waals surface area contributed by atoms with Crippen molar-refractivity contribution in [3.8, 4) is 0 Å². The number of carbonyl (C=O) groups excluding carboxylic acids is 2. The number of ether oxygens (including phenoxy) is 2. The van der Waals surface area contributed by atoms with Crippen LogP contribution in [0.25, 0.3) is 0 Å². The van der Waals surface area contributed by atoms with Crippen molar-refractivity contribution >= 4 is 12.1 Å². The van der Waals surface area contributed by atoms with E-state index >= 15 is 0 Å².